The molecule has 2 unspecified atom stereocenters. The Labute approximate surface area is 71.5 Å². The van der Waals surface area contributed by atoms with Gasteiger partial charge in [-0.2, -0.15) is 0 Å². The quantitative estimate of drug-likeness (QED) is 0.566. The van der Waals surface area contributed by atoms with Gasteiger partial charge in [0.25, 0.3) is 0 Å². The highest BCUT2D eigenvalue weighted by molar-refractivity contribution is 5.67. The summed E-state index contributed by atoms with van der Waals surface area (Å²) in [4.78, 5) is 10.5. The van der Waals surface area contributed by atoms with Gasteiger partial charge in [-0.15, -0.1) is 0 Å². The average molecular weight is 173 g/mol. The van der Waals surface area contributed by atoms with E-state index in [4.69, 9.17) is 9.47 Å². The summed E-state index contributed by atoms with van der Waals surface area (Å²) in [6.07, 6.45) is -0.384. The molecule has 0 aromatic rings. The van der Waals surface area contributed by atoms with Crippen molar-refractivity contribution in [1.82, 2.24) is 0 Å². The van der Waals surface area contributed by atoms with Crippen LogP contribution >= 0.6 is 0 Å². The zero-order chi connectivity index (χ0) is 9.35. The zero-order valence-corrected chi connectivity index (χ0v) is 7.49. The molecule has 70 valence electrons. The number of ether oxygens (including phenoxy) is 2. The van der Waals surface area contributed by atoms with Crippen molar-refractivity contribution < 1.29 is 19.4 Å². The minimum atomic E-state index is -1.10. The lowest BCUT2D eigenvalue weighted by Gasteiger charge is -2.21. The Balaban J connectivity index is 2.52. The summed E-state index contributed by atoms with van der Waals surface area (Å²) >= 11 is 0. The Bertz CT molecular complexity index is 187. The third-order valence-corrected chi connectivity index (χ3v) is 1.96. The third kappa shape index (κ3) is 1.95. The molecule has 1 saturated heterocycles. The van der Waals surface area contributed by atoms with E-state index in [2.05, 4.69) is 0 Å². The second-order valence-corrected chi connectivity index (χ2v) is 3.47. The van der Waals surface area contributed by atoms with Gasteiger partial charge in [-0.3, -0.25) is 0 Å². The van der Waals surface area contributed by atoms with E-state index in [1.807, 2.05) is 0 Å². The number of carboxylic acid groups (broad SMARTS) is 1. The molecule has 4 nitrogen and oxygen atoms in total. The molecular formula is C8H13O4-. The van der Waals surface area contributed by atoms with Crippen molar-refractivity contribution in [3.05, 3.63) is 0 Å². The van der Waals surface area contributed by atoms with Crippen LogP contribution in [-0.2, 0) is 14.3 Å². The number of carbonyl (C=O) groups excluding carboxylic acids is 1. The zero-order valence-electron chi connectivity index (χ0n) is 7.49. The molecule has 0 spiro atoms. The fraction of sp³-hybridized carbons (Fsp3) is 0.875. The van der Waals surface area contributed by atoms with E-state index in [0.717, 1.165) is 0 Å². The predicted molar refractivity (Wildman–Crippen MR) is 39.1 cm³/mol. The summed E-state index contributed by atoms with van der Waals surface area (Å²) in [5.41, 5.74) is 0. The van der Waals surface area contributed by atoms with Crippen molar-refractivity contribution in [2.45, 2.75) is 32.7 Å². The van der Waals surface area contributed by atoms with Gasteiger partial charge in [0.2, 0.25) is 0 Å². The maximum absolute atomic E-state index is 10.5. The molecule has 1 aliphatic rings. The summed E-state index contributed by atoms with van der Waals surface area (Å²) in [5.74, 6) is -2.37. The lowest BCUT2D eigenvalue weighted by molar-refractivity contribution is -0.314. The molecule has 0 aliphatic carbocycles. The van der Waals surface area contributed by atoms with Gasteiger partial charge in [0, 0.05) is 11.9 Å². The number of hydrogen-bond acceptors (Lipinski definition) is 4. The monoisotopic (exact) mass is 173 g/mol. The van der Waals surface area contributed by atoms with Crippen LogP contribution < -0.4 is 5.11 Å². The maximum Gasteiger partial charge on any atom is 0.163 e. The van der Waals surface area contributed by atoms with Gasteiger partial charge in [0.05, 0.1) is 12.7 Å². The number of aliphatic carboxylic acids is 1. The molecule has 1 heterocycles. The highest BCUT2D eigenvalue weighted by Crippen LogP contribution is 2.26. The molecule has 2 atom stereocenters. The molecule has 0 amide bonds. The van der Waals surface area contributed by atoms with Crippen LogP contribution in [-0.4, -0.2) is 24.5 Å². The normalized spacial score (nSPS) is 30.1. The number of carboxylic acids is 1. The van der Waals surface area contributed by atoms with E-state index in [0.29, 0.717) is 6.61 Å². The third-order valence-electron chi connectivity index (χ3n) is 1.96. The van der Waals surface area contributed by atoms with Gasteiger partial charge in [0.15, 0.2) is 5.79 Å². The van der Waals surface area contributed by atoms with E-state index in [1.165, 1.54) is 0 Å². The topological polar surface area (TPSA) is 58.6 Å². The lowest BCUT2D eigenvalue weighted by atomic mass is 10.1. The molecule has 1 aliphatic heterocycles. The Kier molecular flexibility index (Phi) is 2.39. The van der Waals surface area contributed by atoms with Gasteiger partial charge >= 0.3 is 0 Å². The molecule has 0 aromatic carbocycles. The predicted octanol–water partition coefficient (Wildman–Crippen LogP) is -0.476. The highest BCUT2D eigenvalue weighted by Gasteiger charge is 2.35. The van der Waals surface area contributed by atoms with Crippen molar-refractivity contribution >= 4 is 5.97 Å². The van der Waals surface area contributed by atoms with E-state index < -0.39 is 17.7 Å². The molecular weight excluding hydrogens is 160 g/mol. The molecule has 0 saturated carbocycles. The van der Waals surface area contributed by atoms with E-state index in [9.17, 15) is 9.90 Å². The Hall–Kier alpha value is -0.610. The second kappa shape index (κ2) is 3.03. The number of carbonyl (C=O) groups is 1. The SMILES string of the molecule is CC(C(=O)[O-])C1COC(C)(C)O1. The minimum Gasteiger partial charge on any atom is -0.550 e. The minimum absolute atomic E-state index is 0.322. The largest absolute Gasteiger partial charge is 0.550 e. The summed E-state index contributed by atoms with van der Waals surface area (Å²) in [6, 6.07) is 0. The molecule has 4 heteroatoms. The smallest absolute Gasteiger partial charge is 0.163 e. The lowest BCUT2D eigenvalue weighted by Crippen LogP contribution is -2.38. The molecule has 0 radical (unpaired) electrons. The van der Waals surface area contributed by atoms with Crippen LogP contribution in [0.2, 0.25) is 0 Å². The first-order valence-corrected chi connectivity index (χ1v) is 3.95. The first-order valence-electron chi connectivity index (χ1n) is 3.95. The van der Waals surface area contributed by atoms with Gasteiger partial charge in [0.1, 0.15) is 0 Å². The van der Waals surface area contributed by atoms with Crippen molar-refractivity contribution in [2.24, 2.45) is 5.92 Å². The standard InChI is InChI=1S/C8H14O4/c1-5(7(9)10)6-4-11-8(2,3)12-6/h5-6H,4H2,1-3H3,(H,9,10)/p-1. The van der Waals surface area contributed by atoms with Crippen LogP contribution in [0.25, 0.3) is 0 Å². The summed E-state index contributed by atoms with van der Waals surface area (Å²) in [7, 11) is 0. The molecule has 12 heavy (non-hydrogen) atoms. The van der Waals surface area contributed by atoms with Crippen molar-refractivity contribution in [2.75, 3.05) is 6.61 Å². The van der Waals surface area contributed by atoms with Crippen LogP contribution in [0, 0.1) is 5.92 Å². The van der Waals surface area contributed by atoms with Crippen LogP contribution in [0.3, 0.4) is 0 Å². The molecule has 0 bridgehead atoms. The molecule has 0 N–H and O–H groups in total. The van der Waals surface area contributed by atoms with Crippen LogP contribution in [0.5, 0.6) is 0 Å². The van der Waals surface area contributed by atoms with Crippen LogP contribution in [0.1, 0.15) is 20.8 Å². The van der Waals surface area contributed by atoms with Gasteiger partial charge in [-0.1, -0.05) is 6.92 Å². The van der Waals surface area contributed by atoms with Crippen molar-refractivity contribution in [3.63, 3.8) is 0 Å². The fourth-order valence-corrected chi connectivity index (χ4v) is 1.11. The Morgan fingerprint density at radius 3 is 2.58 bits per heavy atom. The maximum atomic E-state index is 10.5. The van der Waals surface area contributed by atoms with E-state index >= 15 is 0 Å². The fourth-order valence-electron chi connectivity index (χ4n) is 1.11. The molecule has 1 rings (SSSR count). The first-order chi connectivity index (χ1) is 5.42. The first kappa shape index (κ1) is 9.48. The van der Waals surface area contributed by atoms with Gasteiger partial charge in [-0.25, -0.2) is 0 Å². The average Bonchev–Trinajstić information content (AvgIpc) is 2.28. The highest BCUT2D eigenvalue weighted by atomic mass is 16.7. The van der Waals surface area contributed by atoms with E-state index in [-0.39, 0.29) is 6.10 Å². The van der Waals surface area contributed by atoms with Crippen LogP contribution in [0.4, 0.5) is 0 Å². The van der Waals surface area contributed by atoms with Crippen molar-refractivity contribution in [1.29, 1.82) is 0 Å². The van der Waals surface area contributed by atoms with Crippen LogP contribution in [0.15, 0.2) is 0 Å². The summed E-state index contributed by atoms with van der Waals surface area (Å²) in [5, 5.41) is 10.5. The van der Waals surface area contributed by atoms with Gasteiger partial charge < -0.3 is 19.4 Å². The number of rotatable bonds is 2. The Morgan fingerprint density at radius 2 is 2.25 bits per heavy atom. The second-order valence-electron chi connectivity index (χ2n) is 3.47. The number of hydrogen-bond donors (Lipinski definition) is 0. The molecule has 1 fully saturated rings. The molecule has 0 aromatic heterocycles. The summed E-state index contributed by atoms with van der Waals surface area (Å²) < 4.78 is 10.5. The van der Waals surface area contributed by atoms with Gasteiger partial charge in [-0.05, 0) is 13.8 Å². The Morgan fingerprint density at radius 1 is 1.67 bits per heavy atom. The van der Waals surface area contributed by atoms with Crippen molar-refractivity contribution in [3.8, 4) is 0 Å². The van der Waals surface area contributed by atoms with E-state index in [1.54, 1.807) is 20.8 Å². The summed E-state index contributed by atoms with van der Waals surface area (Å²) in [6.45, 7) is 5.40.